The number of amides is 1. The van der Waals surface area contributed by atoms with Gasteiger partial charge in [0, 0.05) is 28.2 Å². The van der Waals surface area contributed by atoms with Crippen molar-refractivity contribution in [2.75, 3.05) is 6.54 Å². The molecule has 1 amide bonds. The number of nitrogens with one attached hydrogen (secondary N) is 1. The molecule has 0 spiro atoms. The van der Waals surface area contributed by atoms with Crippen LogP contribution in [0.2, 0.25) is 5.02 Å². The van der Waals surface area contributed by atoms with Crippen LogP contribution in [0.3, 0.4) is 0 Å². The van der Waals surface area contributed by atoms with E-state index in [1.54, 1.807) is 17.0 Å². The molecule has 4 nitrogen and oxygen atoms in total. The number of phenols is 1. The zero-order chi connectivity index (χ0) is 16.0. The standard InChI is InChI=1S/C18H15ClN2O2/c19-12-3-6-16-15(9-12)14-7-8-21(10-22)18(17(14)20-16)11-1-4-13(23)5-2-11/h1-6,9-10,18,20,23H,7-8H2. The second-order valence-electron chi connectivity index (χ2n) is 5.79. The van der Waals surface area contributed by atoms with Crippen LogP contribution in [0.4, 0.5) is 0 Å². The van der Waals surface area contributed by atoms with Crippen molar-refractivity contribution in [3.05, 3.63) is 64.3 Å². The zero-order valence-corrected chi connectivity index (χ0v) is 13.0. The van der Waals surface area contributed by atoms with Gasteiger partial charge in [0.1, 0.15) is 5.75 Å². The van der Waals surface area contributed by atoms with Gasteiger partial charge in [0.2, 0.25) is 6.41 Å². The summed E-state index contributed by atoms with van der Waals surface area (Å²) >= 11 is 6.14. The van der Waals surface area contributed by atoms with E-state index in [-0.39, 0.29) is 11.8 Å². The molecule has 2 heterocycles. The summed E-state index contributed by atoms with van der Waals surface area (Å²) in [6.07, 6.45) is 1.68. The lowest BCUT2D eigenvalue weighted by Gasteiger charge is -2.33. The van der Waals surface area contributed by atoms with Gasteiger partial charge in [-0.05, 0) is 47.9 Å². The number of aromatic hydroxyl groups is 1. The number of aromatic amines is 1. The molecule has 0 saturated heterocycles. The second kappa shape index (κ2) is 5.32. The minimum Gasteiger partial charge on any atom is -0.508 e. The summed E-state index contributed by atoms with van der Waals surface area (Å²) in [5.41, 5.74) is 4.22. The van der Waals surface area contributed by atoms with Crippen molar-refractivity contribution in [3.8, 4) is 5.75 Å². The van der Waals surface area contributed by atoms with Crippen LogP contribution < -0.4 is 0 Å². The van der Waals surface area contributed by atoms with Crippen molar-refractivity contribution in [1.29, 1.82) is 0 Å². The molecule has 1 aromatic heterocycles. The van der Waals surface area contributed by atoms with Gasteiger partial charge in [-0.1, -0.05) is 23.7 Å². The van der Waals surface area contributed by atoms with Crippen LogP contribution in [0.25, 0.3) is 10.9 Å². The number of hydrogen-bond donors (Lipinski definition) is 2. The Morgan fingerprint density at radius 1 is 1.22 bits per heavy atom. The Labute approximate surface area is 138 Å². The van der Waals surface area contributed by atoms with E-state index in [1.165, 1.54) is 5.56 Å². The molecule has 4 rings (SSSR count). The Balaban J connectivity index is 1.92. The molecule has 2 N–H and O–H groups in total. The van der Waals surface area contributed by atoms with Gasteiger partial charge in [-0.2, -0.15) is 0 Å². The third-order valence-electron chi connectivity index (χ3n) is 4.47. The fourth-order valence-electron chi connectivity index (χ4n) is 3.41. The monoisotopic (exact) mass is 326 g/mol. The summed E-state index contributed by atoms with van der Waals surface area (Å²) in [7, 11) is 0. The predicted molar refractivity (Wildman–Crippen MR) is 89.7 cm³/mol. The molecule has 0 aliphatic carbocycles. The minimum atomic E-state index is -0.178. The number of rotatable bonds is 2. The van der Waals surface area contributed by atoms with Crippen molar-refractivity contribution in [2.45, 2.75) is 12.5 Å². The molecule has 0 radical (unpaired) electrons. The zero-order valence-electron chi connectivity index (χ0n) is 12.3. The number of H-pyrrole nitrogens is 1. The van der Waals surface area contributed by atoms with E-state index in [0.29, 0.717) is 11.6 Å². The van der Waals surface area contributed by atoms with Gasteiger partial charge in [0.25, 0.3) is 0 Å². The molecule has 2 aromatic carbocycles. The maximum atomic E-state index is 11.5. The molecule has 23 heavy (non-hydrogen) atoms. The maximum Gasteiger partial charge on any atom is 0.210 e. The highest BCUT2D eigenvalue weighted by atomic mass is 35.5. The quantitative estimate of drug-likeness (QED) is 0.706. The number of carbonyl (C=O) groups is 1. The molecule has 1 unspecified atom stereocenters. The van der Waals surface area contributed by atoms with Crippen LogP contribution in [0.15, 0.2) is 42.5 Å². The highest BCUT2D eigenvalue weighted by molar-refractivity contribution is 6.31. The second-order valence-corrected chi connectivity index (χ2v) is 6.23. The van der Waals surface area contributed by atoms with Crippen molar-refractivity contribution in [3.63, 3.8) is 0 Å². The number of benzene rings is 2. The number of halogens is 1. The number of carbonyl (C=O) groups excluding carboxylic acids is 1. The normalized spacial score (nSPS) is 17.3. The molecular formula is C18H15ClN2O2. The van der Waals surface area contributed by atoms with E-state index < -0.39 is 0 Å². The molecular weight excluding hydrogens is 312 g/mol. The largest absolute Gasteiger partial charge is 0.508 e. The van der Waals surface area contributed by atoms with Gasteiger partial charge in [-0.25, -0.2) is 0 Å². The summed E-state index contributed by atoms with van der Waals surface area (Å²) in [5.74, 6) is 0.214. The summed E-state index contributed by atoms with van der Waals surface area (Å²) in [5, 5.41) is 11.3. The smallest absolute Gasteiger partial charge is 0.210 e. The van der Waals surface area contributed by atoms with Gasteiger partial charge >= 0.3 is 0 Å². The third-order valence-corrected chi connectivity index (χ3v) is 4.71. The average Bonchev–Trinajstić information content (AvgIpc) is 2.92. The van der Waals surface area contributed by atoms with E-state index in [0.717, 1.165) is 35.0 Å². The van der Waals surface area contributed by atoms with Crippen molar-refractivity contribution >= 4 is 28.9 Å². The fraction of sp³-hybridized carbons (Fsp3) is 0.167. The Hall–Kier alpha value is -2.46. The van der Waals surface area contributed by atoms with Gasteiger partial charge in [0.15, 0.2) is 0 Å². The third kappa shape index (κ3) is 2.26. The number of phenolic OH excluding ortho intramolecular Hbond substituents is 1. The Bertz CT molecular complexity index is 886. The van der Waals surface area contributed by atoms with Crippen LogP contribution in [-0.4, -0.2) is 27.9 Å². The first-order valence-electron chi connectivity index (χ1n) is 7.47. The Kier molecular flexibility index (Phi) is 3.27. The summed E-state index contributed by atoms with van der Waals surface area (Å²) in [4.78, 5) is 16.8. The summed E-state index contributed by atoms with van der Waals surface area (Å²) in [6, 6.07) is 12.6. The average molecular weight is 327 g/mol. The van der Waals surface area contributed by atoms with Crippen LogP contribution in [0, 0.1) is 0 Å². The SMILES string of the molecule is O=CN1CCc2c([nH]c3ccc(Cl)cc23)C1c1ccc(O)cc1. The van der Waals surface area contributed by atoms with Crippen LogP contribution in [0.1, 0.15) is 22.9 Å². The number of fused-ring (bicyclic) bond motifs is 3. The highest BCUT2D eigenvalue weighted by Gasteiger charge is 2.30. The first kappa shape index (κ1) is 14.2. The highest BCUT2D eigenvalue weighted by Crippen LogP contribution is 2.38. The molecule has 3 aromatic rings. The number of aromatic nitrogens is 1. The van der Waals surface area contributed by atoms with Gasteiger partial charge < -0.3 is 15.0 Å². The van der Waals surface area contributed by atoms with E-state index in [1.807, 2.05) is 30.3 Å². The van der Waals surface area contributed by atoms with Gasteiger partial charge in [-0.15, -0.1) is 0 Å². The first-order valence-corrected chi connectivity index (χ1v) is 7.85. The maximum absolute atomic E-state index is 11.5. The van der Waals surface area contributed by atoms with E-state index in [9.17, 15) is 9.90 Å². The molecule has 5 heteroatoms. The van der Waals surface area contributed by atoms with E-state index in [2.05, 4.69) is 4.98 Å². The minimum absolute atomic E-state index is 0.178. The van der Waals surface area contributed by atoms with E-state index >= 15 is 0 Å². The topological polar surface area (TPSA) is 56.3 Å². The molecule has 0 bridgehead atoms. The number of nitrogens with zero attached hydrogens (tertiary/aromatic N) is 1. The predicted octanol–water partition coefficient (Wildman–Crippen LogP) is 3.63. The van der Waals surface area contributed by atoms with Crippen molar-refractivity contribution in [1.82, 2.24) is 9.88 Å². The van der Waals surface area contributed by atoms with Gasteiger partial charge in [0.05, 0.1) is 6.04 Å². The van der Waals surface area contributed by atoms with Crippen LogP contribution in [0.5, 0.6) is 5.75 Å². The molecule has 0 fully saturated rings. The summed E-state index contributed by atoms with van der Waals surface area (Å²) < 4.78 is 0. The molecule has 1 aliphatic rings. The first-order chi connectivity index (χ1) is 11.2. The molecule has 1 aliphatic heterocycles. The fourth-order valence-corrected chi connectivity index (χ4v) is 3.58. The van der Waals surface area contributed by atoms with Crippen molar-refractivity contribution < 1.29 is 9.90 Å². The van der Waals surface area contributed by atoms with Crippen LogP contribution >= 0.6 is 11.6 Å². The molecule has 0 saturated carbocycles. The lowest BCUT2D eigenvalue weighted by Crippen LogP contribution is -2.34. The lowest BCUT2D eigenvalue weighted by atomic mass is 9.93. The van der Waals surface area contributed by atoms with Gasteiger partial charge in [-0.3, -0.25) is 4.79 Å². The van der Waals surface area contributed by atoms with Crippen LogP contribution in [-0.2, 0) is 11.2 Å². The Morgan fingerprint density at radius 2 is 2.00 bits per heavy atom. The molecule has 116 valence electrons. The van der Waals surface area contributed by atoms with E-state index in [4.69, 9.17) is 11.6 Å². The number of hydrogen-bond acceptors (Lipinski definition) is 2. The summed E-state index contributed by atoms with van der Waals surface area (Å²) in [6.45, 7) is 0.654. The van der Waals surface area contributed by atoms with Crippen molar-refractivity contribution in [2.24, 2.45) is 0 Å². The Morgan fingerprint density at radius 3 is 2.74 bits per heavy atom. The molecule has 1 atom stereocenters. The lowest BCUT2D eigenvalue weighted by molar-refractivity contribution is -0.120.